The lowest BCUT2D eigenvalue weighted by atomic mass is 10.2. The van der Waals surface area contributed by atoms with Crippen LogP contribution in [0.4, 0.5) is 8.78 Å². The third kappa shape index (κ3) is 2.43. The number of hydrogen-bond donors (Lipinski definition) is 0. The zero-order valence-electron chi connectivity index (χ0n) is 7.43. The lowest BCUT2D eigenvalue weighted by Gasteiger charge is -2.09. The first-order valence-corrected chi connectivity index (χ1v) is 4.86. The Morgan fingerprint density at radius 2 is 2.27 bits per heavy atom. The van der Waals surface area contributed by atoms with Crippen LogP contribution in [0, 0.1) is 0 Å². The van der Waals surface area contributed by atoms with Crippen LogP contribution in [0.3, 0.4) is 0 Å². The normalized spacial score (nSPS) is 10.5. The fourth-order valence-corrected chi connectivity index (χ4v) is 1.88. The Kier molecular flexibility index (Phi) is 3.98. The third-order valence-electron chi connectivity index (χ3n) is 1.63. The monoisotopic (exact) mass is 299 g/mol. The van der Waals surface area contributed by atoms with Gasteiger partial charge in [-0.1, -0.05) is 0 Å². The minimum Gasteiger partial charge on any atom is -0.480 e. The Hall–Kier alpha value is -0.750. The van der Waals surface area contributed by atoms with Crippen LogP contribution in [-0.4, -0.2) is 17.3 Å². The molecular formula is C8H5BrClF2NO2. The highest BCUT2D eigenvalue weighted by molar-refractivity contribution is 9.10. The molecule has 0 spiro atoms. The summed E-state index contributed by atoms with van der Waals surface area (Å²) in [5.41, 5.74) is -0.600. The van der Waals surface area contributed by atoms with Gasteiger partial charge >= 0.3 is 0 Å². The van der Waals surface area contributed by atoms with E-state index in [4.69, 9.17) is 16.3 Å². The van der Waals surface area contributed by atoms with Crippen molar-refractivity contribution in [3.05, 3.63) is 21.8 Å². The second-order valence-electron chi connectivity index (χ2n) is 2.49. The summed E-state index contributed by atoms with van der Waals surface area (Å²) in [6.07, 6.45) is -1.82. The number of aromatic nitrogens is 1. The first-order valence-electron chi connectivity index (χ1n) is 3.69. The van der Waals surface area contributed by atoms with Crippen LogP contribution < -0.4 is 4.74 Å². The number of alkyl halides is 2. The van der Waals surface area contributed by atoms with Gasteiger partial charge in [0.15, 0.2) is 0 Å². The molecule has 1 aromatic rings. The second kappa shape index (κ2) is 4.85. The molecule has 1 aromatic heterocycles. The van der Waals surface area contributed by atoms with Gasteiger partial charge in [0.05, 0.1) is 12.7 Å². The molecule has 0 amide bonds. The topological polar surface area (TPSA) is 39.2 Å². The number of nitrogens with zero attached hydrogens (tertiary/aromatic N) is 1. The van der Waals surface area contributed by atoms with Crippen LogP contribution in [0.2, 0.25) is 0 Å². The van der Waals surface area contributed by atoms with Crippen molar-refractivity contribution < 1.29 is 18.3 Å². The SMILES string of the molecule is COc1ncc(C(F)F)c(Br)c1C(=O)Cl. The van der Waals surface area contributed by atoms with Gasteiger partial charge < -0.3 is 4.74 Å². The van der Waals surface area contributed by atoms with Crippen molar-refractivity contribution in [1.82, 2.24) is 4.98 Å². The van der Waals surface area contributed by atoms with Crippen LogP contribution in [0.5, 0.6) is 5.88 Å². The van der Waals surface area contributed by atoms with E-state index in [1.54, 1.807) is 0 Å². The highest BCUT2D eigenvalue weighted by Crippen LogP contribution is 2.34. The molecule has 7 heteroatoms. The van der Waals surface area contributed by atoms with E-state index in [2.05, 4.69) is 20.9 Å². The molecule has 0 atom stereocenters. The molecule has 0 aromatic carbocycles. The summed E-state index contributed by atoms with van der Waals surface area (Å²) in [6.45, 7) is 0. The van der Waals surface area contributed by atoms with Gasteiger partial charge in [-0.2, -0.15) is 0 Å². The molecule has 3 nitrogen and oxygen atoms in total. The number of halogens is 4. The third-order valence-corrected chi connectivity index (χ3v) is 2.68. The summed E-state index contributed by atoms with van der Waals surface area (Å²) in [7, 11) is 1.26. The van der Waals surface area contributed by atoms with Gasteiger partial charge in [-0.3, -0.25) is 4.79 Å². The molecule has 0 bridgehead atoms. The quantitative estimate of drug-likeness (QED) is 0.805. The van der Waals surface area contributed by atoms with E-state index in [9.17, 15) is 13.6 Å². The summed E-state index contributed by atoms with van der Waals surface area (Å²) in [4.78, 5) is 14.6. The fraction of sp³-hybridized carbons (Fsp3) is 0.250. The van der Waals surface area contributed by atoms with E-state index >= 15 is 0 Å². The summed E-state index contributed by atoms with van der Waals surface area (Å²) >= 11 is 8.10. The molecule has 0 aliphatic heterocycles. The molecule has 0 aliphatic carbocycles. The largest absolute Gasteiger partial charge is 0.480 e. The van der Waals surface area contributed by atoms with Gasteiger partial charge in [0, 0.05) is 10.7 Å². The molecule has 0 fully saturated rings. The fourth-order valence-electron chi connectivity index (χ4n) is 0.965. The lowest BCUT2D eigenvalue weighted by molar-refractivity contribution is 0.107. The average molecular weight is 300 g/mol. The summed E-state index contributed by atoms with van der Waals surface area (Å²) < 4.78 is 29.5. The molecule has 0 unspecified atom stereocenters. The maximum atomic E-state index is 12.4. The van der Waals surface area contributed by atoms with Gasteiger partial charge in [-0.05, 0) is 27.5 Å². The molecule has 0 aliphatic rings. The summed E-state index contributed by atoms with van der Waals surface area (Å²) in [6, 6.07) is 0. The number of methoxy groups -OCH3 is 1. The van der Waals surface area contributed by atoms with Crippen molar-refractivity contribution >= 4 is 32.8 Å². The first kappa shape index (κ1) is 12.3. The van der Waals surface area contributed by atoms with E-state index < -0.39 is 17.2 Å². The minimum absolute atomic E-state index is 0.0914. The smallest absolute Gasteiger partial charge is 0.266 e. The summed E-state index contributed by atoms with van der Waals surface area (Å²) in [5, 5.41) is -0.909. The lowest BCUT2D eigenvalue weighted by Crippen LogP contribution is -2.03. The van der Waals surface area contributed by atoms with Crippen molar-refractivity contribution in [2.75, 3.05) is 7.11 Å². The number of rotatable bonds is 3. The predicted molar refractivity (Wildman–Crippen MR) is 53.6 cm³/mol. The zero-order valence-corrected chi connectivity index (χ0v) is 9.77. The van der Waals surface area contributed by atoms with E-state index in [0.29, 0.717) is 0 Å². The number of hydrogen-bond acceptors (Lipinski definition) is 3. The Labute approximate surface area is 97.5 Å². The van der Waals surface area contributed by atoms with Crippen LogP contribution >= 0.6 is 27.5 Å². The van der Waals surface area contributed by atoms with Crippen LogP contribution in [0.15, 0.2) is 10.7 Å². The van der Waals surface area contributed by atoms with Crippen molar-refractivity contribution in [2.24, 2.45) is 0 Å². The van der Waals surface area contributed by atoms with E-state index in [1.165, 1.54) is 7.11 Å². The van der Waals surface area contributed by atoms with Crippen LogP contribution in [-0.2, 0) is 0 Å². The first-order chi connectivity index (χ1) is 6.99. The van der Waals surface area contributed by atoms with E-state index in [1.807, 2.05) is 0 Å². The Balaban J connectivity index is 3.42. The number of carbonyl (C=O) groups is 1. The Morgan fingerprint density at radius 1 is 1.67 bits per heavy atom. The molecule has 0 saturated carbocycles. The highest BCUT2D eigenvalue weighted by Gasteiger charge is 2.22. The standard InChI is InChI=1S/C8H5BrClF2NO2/c1-15-8-4(6(10)14)5(9)3(2-13-8)7(11)12/h2,7H,1H3. The van der Waals surface area contributed by atoms with Crippen molar-refractivity contribution in [1.29, 1.82) is 0 Å². The molecular weight excluding hydrogens is 295 g/mol. The molecule has 1 heterocycles. The molecule has 0 radical (unpaired) electrons. The molecule has 0 N–H and O–H groups in total. The van der Waals surface area contributed by atoms with Crippen molar-refractivity contribution in [3.63, 3.8) is 0 Å². The molecule has 15 heavy (non-hydrogen) atoms. The van der Waals surface area contributed by atoms with Crippen molar-refractivity contribution in [2.45, 2.75) is 6.43 Å². The number of pyridine rings is 1. The molecule has 82 valence electrons. The average Bonchev–Trinajstić information content (AvgIpc) is 2.15. The van der Waals surface area contributed by atoms with Crippen LogP contribution in [0.25, 0.3) is 0 Å². The zero-order chi connectivity index (χ0) is 11.6. The van der Waals surface area contributed by atoms with Gasteiger partial charge in [0.25, 0.3) is 11.7 Å². The summed E-state index contributed by atoms with van der Waals surface area (Å²) in [5.74, 6) is -0.0914. The van der Waals surface area contributed by atoms with Gasteiger partial charge in [0.1, 0.15) is 5.56 Å². The second-order valence-corrected chi connectivity index (χ2v) is 3.62. The van der Waals surface area contributed by atoms with Gasteiger partial charge in [-0.15, -0.1) is 0 Å². The minimum atomic E-state index is -2.74. The van der Waals surface area contributed by atoms with E-state index in [0.717, 1.165) is 6.20 Å². The molecule has 1 rings (SSSR count). The predicted octanol–water partition coefficient (Wildman–Crippen LogP) is 3.17. The van der Waals surface area contributed by atoms with E-state index in [-0.39, 0.29) is 15.9 Å². The highest BCUT2D eigenvalue weighted by atomic mass is 79.9. The number of ether oxygens (including phenoxy) is 1. The number of carbonyl (C=O) groups excluding carboxylic acids is 1. The maximum absolute atomic E-state index is 12.4. The maximum Gasteiger partial charge on any atom is 0.266 e. The van der Waals surface area contributed by atoms with Gasteiger partial charge in [-0.25, -0.2) is 13.8 Å². The van der Waals surface area contributed by atoms with Crippen molar-refractivity contribution in [3.8, 4) is 5.88 Å². The Morgan fingerprint density at radius 3 is 2.67 bits per heavy atom. The van der Waals surface area contributed by atoms with Crippen LogP contribution in [0.1, 0.15) is 22.3 Å². The van der Waals surface area contributed by atoms with Gasteiger partial charge in [0.2, 0.25) is 5.88 Å². The molecule has 0 saturated heterocycles. The Bertz CT molecular complexity index is 400.